The van der Waals surface area contributed by atoms with E-state index in [1.165, 1.54) is 152 Å². The van der Waals surface area contributed by atoms with Gasteiger partial charge < -0.3 is 4.74 Å². The zero-order chi connectivity index (χ0) is 24.8. The maximum Gasteiger partial charge on any atom is 0.0462 e. The number of allylic oxidation sites excluding steroid dienone is 2. The van der Waals surface area contributed by atoms with E-state index >= 15 is 0 Å². The van der Waals surface area contributed by atoms with E-state index in [9.17, 15) is 0 Å². The first kappa shape index (κ1) is 34.4. The lowest BCUT2D eigenvalue weighted by molar-refractivity contribution is 0.192. The van der Waals surface area contributed by atoms with Crippen LogP contribution in [0.5, 0.6) is 0 Å². The summed E-state index contributed by atoms with van der Waals surface area (Å²) in [4.78, 5) is 0. The van der Waals surface area contributed by atoms with Gasteiger partial charge in [-0.2, -0.15) is 23.5 Å². The normalized spacial score (nSPS) is 12.7. The van der Waals surface area contributed by atoms with Gasteiger partial charge in [0.1, 0.15) is 0 Å². The fourth-order valence-electron chi connectivity index (χ4n) is 4.27. The molecule has 0 rings (SSSR count). The lowest BCUT2D eigenvalue weighted by Crippen LogP contribution is -2.07. The van der Waals surface area contributed by atoms with Crippen molar-refractivity contribution in [1.29, 1.82) is 0 Å². The van der Waals surface area contributed by atoms with Gasteiger partial charge in [0.2, 0.25) is 0 Å². The van der Waals surface area contributed by atoms with Gasteiger partial charge in [0, 0.05) is 24.7 Å². The predicted molar refractivity (Wildman–Crippen MR) is 163 cm³/mol. The van der Waals surface area contributed by atoms with E-state index in [2.05, 4.69) is 49.5 Å². The maximum absolute atomic E-state index is 5.12. The van der Waals surface area contributed by atoms with Crippen LogP contribution in [0, 0.1) is 0 Å². The zero-order valence-electron chi connectivity index (χ0n) is 23.6. The van der Waals surface area contributed by atoms with E-state index in [1.807, 2.05) is 0 Å². The molecule has 0 aliphatic heterocycles. The number of unbranched alkanes of at least 4 members (excludes halogenated alkanes) is 17. The zero-order valence-corrected chi connectivity index (χ0v) is 25.3. The third-order valence-electron chi connectivity index (χ3n) is 6.58. The van der Waals surface area contributed by atoms with Crippen LogP contribution in [0.1, 0.15) is 149 Å². The number of methoxy groups -OCH3 is 1. The Hall–Kier alpha value is 0.400. The molecule has 0 aromatic carbocycles. The van der Waals surface area contributed by atoms with Crippen molar-refractivity contribution in [3.63, 3.8) is 0 Å². The molecule has 0 aromatic rings. The minimum atomic E-state index is 0.826. The molecule has 1 unspecified atom stereocenters. The SMILES string of the molecule is CCCCCCCSCC(C/C=C/CCCCCCCCCCCOC)SCCCCCCC. The monoisotopic (exact) mass is 514 g/mol. The Morgan fingerprint density at radius 3 is 1.74 bits per heavy atom. The summed E-state index contributed by atoms with van der Waals surface area (Å²) in [5.74, 6) is 4.09. The third-order valence-corrected chi connectivity index (χ3v) is 9.36. The lowest BCUT2D eigenvalue weighted by atomic mass is 10.1. The van der Waals surface area contributed by atoms with Gasteiger partial charge in [-0.05, 0) is 50.0 Å². The Labute approximate surface area is 224 Å². The van der Waals surface area contributed by atoms with E-state index in [1.54, 1.807) is 7.11 Å². The highest BCUT2D eigenvalue weighted by atomic mass is 32.2. The second-order valence-corrected chi connectivity index (χ2v) is 12.6. The summed E-state index contributed by atoms with van der Waals surface area (Å²) >= 11 is 4.47. The van der Waals surface area contributed by atoms with Crippen LogP contribution in [0.15, 0.2) is 12.2 Å². The Kier molecular flexibility index (Phi) is 31.8. The standard InChI is InChI=1S/C31H62OS2/c1-4-6-8-20-24-28-33-30-31(34-29-25-21-9-7-5-2)26-22-18-16-14-12-10-11-13-15-17-19-23-27-32-3/h18,22,31H,4-17,19-21,23-30H2,1-3H3/b22-18+. The van der Waals surface area contributed by atoms with Gasteiger partial charge in [0.05, 0.1) is 0 Å². The highest BCUT2D eigenvalue weighted by Gasteiger charge is 2.08. The van der Waals surface area contributed by atoms with E-state index in [4.69, 9.17) is 4.74 Å². The fraction of sp³-hybridized carbons (Fsp3) is 0.935. The Morgan fingerprint density at radius 2 is 1.12 bits per heavy atom. The highest BCUT2D eigenvalue weighted by molar-refractivity contribution is 8.03. The summed E-state index contributed by atoms with van der Waals surface area (Å²) < 4.78 is 5.12. The number of hydrogen-bond donors (Lipinski definition) is 0. The van der Waals surface area contributed by atoms with E-state index < -0.39 is 0 Å². The number of rotatable bonds is 29. The van der Waals surface area contributed by atoms with Crippen molar-refractivity contribution in [3.05, 3.63) is 12.2 Å². The molecule has 34 heavy (non-hydrogen) atoms. The second-order valence-electron chi connectivity index (χ2n) is 10.1. The molecular formula is C31H62OS2. The van der Waals surface area contributed by atoms with Crippen molar-refractivity contribution in [2.75, 3.05) is 31.0 Å². The van der Waals surface area contributed by atoms with Crippen molar-refractivity contribution in [2.24, 2.45) is 0 Å². The van der Waals surface area contributed by atoms with Gasteiger partial charge in [0.25, 0.3) is 0 Å². The maximum atomic E-state index is 5.12. The third kappa shape index (κ3) is 28.6. The number of thioether (sulfide) groups is 2. The van der Waals surface area contributed by atoms with Gasteiger partial charge in [-0.25, -0.2) is 0 Å². The van der Waals surface area contributed by atoms with Crippen LogP contribution < -0.4 is 0 Å². The lowest BCUT2D eigenvalue weighted by Gasteiger charge is -2.15. The smallest absolute Gasteiger partial charge is 0.0462 e. The molecule has 0 aliphatic rings. The van der Waals surface area contributed by atoms with E-state index in [0.717, 1.165) is 11.9 Å². The summed E-state index contributed by atoms with van der Waals surface area (Å²) in [5.41, 5.74) is 0. The molecule has 1 nitrogen and oxygen atoms in total. The molecule has 0 fully saturated rings. The van der Waals surface area contributed by atoms with Crippen LogP contribution in [0.3, 0.4) is 0 Å². The average Bonchev–Trinajstić information content (AvgIpc) is 2.85. The van der Waals surface area contributed by atoms with Gasteiger partial charge >= 0.3 is 0 Å². The largest absolute Gasteiger partial charge is 0.385 e. The van der Waals surface area contributed by atoms with Crippen LogP contribution in [0.25, 0.3) is 0 Å². The summed E-state index contributed by atoms with van der Waals surface area (Å²) in [5, 5.41) is 0.826. The minimum Gasteiger partial charge on any atom is -0.385 e. The van der Waals surface area contributed by atoms with Crippen molar-refractivity contribution >= 4 is 23.5 Å². The summed E-state index contributed by atoms with van der Waals surface area (Å²) in [6, 6.07) is 0. The van der Waals surface area contributed by atoms with E-state index in [0.29, 0.717) is 0 Å². The van der Waals surface area contributed by atoms with Crippen LogP contribution >= 0.6 is 23.5 Å². The van der Waals surface area contributed by atoms with Crippen molar-refractivity contribution in [2.45, 2.75) is 154 Å². The number of ether oxygens (including phenoxy) is 1. The first-order valence-electron chi connectivity index (χ1n) is 15.2. The fourth-order valence-corrected chi connectivity index (χ4v) is 6.87. The average molecular weight is 515 g/mol. The van der Waals surface area contributed by atoms with Crippen molar-refractivity contribution < 1.29 is 4.74 Å². The molecule has 1 atom stereocenters. The van der Waals surface area contributed by atoms with Gasteiger partial charge in [0.15, 0.2) is 0 Å². The summed E-state index contributed by atoms with van der Waals surface area (Å²) in [6.07, 6.45) is 34.1. The van der Waals surface area contributed by atoms with Gasteiger partial charge in [-0.15, -0.1) is 0 Å². The Morgan fingerprint density at radius 1 is 0.588 bits per heavy atom. The molecule has 0 spiro atoms. The van der Waals surface area contributed by atoms with Crippen LogP contribution in [-0.4, -0.2) is 36.2 Å². The van der Waals surface area contributed by atoms with E-state index in [-0.39, 0.29) is 0 Å². The first-order valence-corrected chi connectivity index (χ1v) is 17.4. The van der Waals surface area contributed by atoms with Gasteiger partial charge in [-0.3, -0.25) is 0 Å². The summed E-state index contributed by atoms with van der Waals surface area (Å²) in [7, 11) is 1.80. The molecule has 0 N–H and O–H groups in total. The molecule has 0 aromatic heterocycles. The Balaban J connectivity index is 3.81. The van der Waals surface area contributed by atoms with Crippen LogP contribution in [-0.2, 0) is 4.74 Å². The van der Waals surface area contributed by atoms with Crippen LogP contribution in [0.4, 0.5) is 0 Å². The molecule has 0 saturated carbocycles. The molecule has 3 heteroatoms. The van der Waals surface area contributed by atoms with Crippen molar-refractivity contribution in [1.82, 2.24) is 0 Å². The molecule has 0 aliphatic carbocycles. The summed E-state index contributed by atoms with van der Waals surface area (Å²) in [6.45, 7) is 5.55. The van der Waals surface area contributed by atoms with Gasteiger partial charge in [-0.1, -0.05) is 122 Å². The molecule has 0 radical (unpaired) electrons. The van der Waals surface area contributed by atoms with Crippen LogP contribution in [0.2, 0.25) is 0 Å². The molecule has 0 saturated heterocycles. The minimum absolute atomic E-state index is 0.826. The molecule has 0 heterocycles. The topological polar surface area (TPSA) is 9.23 Å². The quantitative estimate of drug-likeness (QED) is 0.0725. The highest BCUT2D eigenvalue weighted by Crippen LogP contribution is 2.23. The molecule has 204 valence electrons. The molecule has 0 amide bonds. The molecule has 0 bridgehead atoms. The second kappa shape index (κ2) is 31.4. The Bertz CT molecular complexity index is 386. The predicted octanol–water partition coefficient (Wildman–Crippen LogP) is 11.3. The molecular weight excluding hydrogens is 452 g/mol. The first-order chi connectivity index (χ1) is 16.8. The van der Waals surface area contributed by atoms with Crippen molar-refractivity contribution in [3.8, 4) is 0 Å². The number of hydrogen-bond acceptors (Lipinski definition) is 3.